The number of nitrogen functional groups attached to an aromatic ring is 1. The third-order valence-electron chi connectivity index (χ3n) is 6.51. The largest absolute Gasteiger partial charge is 0.488 e. The number of aromatic nitrogens is 2. The van der Waals surface area contributed by atoms with Crippen LogP contribution in [0.4, 0.5) is 5.82 Å². The number of ketones is 1. The van der Waals surface area contributed by atoms with E-state index in [1.54, 1.807) is 53.7 Å². The molecule has 1 unspecified atom stereocenters. The van der Waals surface area contributed by atoms with Crippen LogP contribution in [-0.4, -0.2) is 59.0 Å². The van der Waals surface area contributed by atoms with Crippen molar-refractivity contribution < 1.29 is 19.1 Å². The number of amides is 1. The first-order chi connectivity index (χ1) is 18.4. The molecular weight excluding hydrogens is 527 g/mol. The first-order valence-corrected chi connectivity index (χ1v) is 13.1. The summed E-state index contributed by atoms with van der Waals surface area (Å²) < 4.78 is 11.4. The molecule has 196 valence electrons. The van der Waals surface area contributed by atoms with Gasteiger partial charge in [-0.2, -0.15) is 0 Å². The maximum atomic E-state index is 12.8. The molecule has 0 saturated carbocycles. The van der Waals surface area contributed by atoms with Crippen LogP contribution in [0, 0.1) is 0 Å². The summed E-state index contributed by atoms with van der Waals surface area (Å²) in [4.78, 5) is 35.2. The highest BCUT2D eigenvalue weighted by Gasteiger charge is 2.27. The number of pyridine rings is 2. The van der Waals surface area contributed by atoms with Crippen LogP contribution in [0.3, 0.4) is 0 Å². The second-order valence-corrected chi connectivity index (χ2v) is 10.0. The van der Waals surface area contributed by atoms with Crippen molar-refractivity contribution in [2.24, 2.45) is 0 Å². The summed E-state index contributed by atoms with van der Waals surface area (Å²) in [7, 11) is 0. The molecule has 2 aliphatic rings. The number of carbonyl (C=O) groups excluding carboxylic acids is 2. The molecule has 10 heteroatoms. The predicted molar refractivity (Wildman–Crippen MR) is 146 cm³/mol. The molecule has 1 atom stereocenters. The van der Waals surface area contributed by atoms with Crippen molar-refractivity contribution in [1.29, 1.82) is 0 Å². The molecule has 2 aliphatic heterocycles. The summed E-state index contributed by atoms with van der Waals surface area (Å²) in [6, 6.07) is 9.02. The summed E-state index contributed by atoms with van der Waals surface area (Å²) in [6.45, 7) is 2.04. The number of nitrogens with zero attached hydrogens (tertiary/aromatic N) is 3. The van der Waals surface area contributed by atoms with Crippen molar-refractivity contribution in [1.82, 2.24) is 14.9 Å². The average molecular weight is 553 g/mol. The summed E-state index contributed by atoms with van der Waals surface area (Å²) >= 11 is 13.0. The Morgan fingerprint density at radius 3 is 2.58 bits per heavy atom. The van der Waals surface area contributed by atoms with Gasteiger partial charge in [-0.15, -0.1) is 0 Å². The maximum absolute atomic E-state index is 12.8. The van der Waals surface area contributed by atoms with Gasteiger partial charge in [-0.3, -0.25) is 9.59 Å². The summed E-state index contributed by atoms with van der Waals surface area (Å²) in [5.41, 5.74) is 9.15. The van der Waals surface area contributed by atoms with Crippen LogP contribution in [0.25, 0.3) is 17.2 Å². The number of nitrogens with two attached hydrogens (primary N) is 1. The van der Waals surface area contributed by atoms with Crippen molar-refractivity contribution in [3.8, 4) is 16.9 Å². The Bertz CT molecular complexity index is 1390. The normalized spacial score (nSPS) is 16.9. The van der Waals surface area contributed by atoms with E-state index < -0.39 is 0 Å². The number of halogens is 2. The molecule has 2 N–H and O–H groups in total. The molecule has 5 rings (SSSR count). The minimum Gasteiger partial charge on any atom is -0.488 e. The zero-order valence-electron chi connectivity index (χ0n) is 20.5. The van der Waals surface area contributed by atoms with E-state index in [4.69, 9.17) is 38.4 Å². The van der Waals surface area contributed by atoms with Crippen molar-refractivity contribution in [2.45, 2.75) is 25.4 Å². The fourth-order valence-electron chi connectivity index (χ4n) is 4.48. The number of rotatable bonds is 7. The fraction of sp³-hybridized carbons (Fsp3) is 0.286. The Balaban J connectivity index is 1.22. The molecule has 1 saturated heterocycles. The van der Waals surface area contributed by atoms with Crippen molar-refractivity contribution >= 4 is 46.8 Å². The summed E-state index contributed by atoms with van der Waals surface area (Å²) in [5.74, 6) is 0.862. The monoisotopic (exact) mass is 552 g/mol. The number of fused-ring (bicyclic) bond motifs is 1. The number of hydrogen-bond donors (Lipinski definition) is 1. The highest BCUT2D eigenvalue weighted by molar-refractivity contribution is 6.34. The van der Waals surface area contributed by atoms with Gasteiger partial charge >= 0.3 is 0 Å². The maximum Gasteiger partial charge on any atom is 0.274 e. The Kier molecular flexibility index (Phi) is 7.93. The van der Waals surface area contributed by atoms with Gasteiger partial charge in [-0.05, 0) is 65.6 Å². The Morgan fingerprint density at radius 2 is 1.84 bits per heavy atom. The molecule has 0 radical (unpaired) electrons. The molecule has 1 amide bonds. The number of morpholine rings is 1. The van der Waals surface area contributed by atoms with Crippen LogP contribution >= 0.6 is 23.2 Å². The van der Waals surface area contributed by atoms with Crippen LogP contribution in [0.1, 0.15) is 34.5 Å². The SMILES string of the molecule is Nc1ccc(/C=C/C(=O)CCC2Cc3cc(-c4cnc(C(=O)N5CCOCC5)c(Cl)c4)cc(Cl)c3O2)cn1. The van der Waals surface area contributed by atoms with Crippen molar-refractivity contribution in [3.63, 3.8) is 0 Å². The second-order valence-electron chi connectivity index (χ2n) is 9.20. The molecule has 0 aliphatic carbocycles. The molecule has 4 heterocycles. The van der Waals surface area contributed by atoms with Gasteiger partial charge in [0.15, 0.2) is 5.78 Å². The molecule has 1 aromatic carbocycles. The molecule has 2 aromatic heterocycles. The lowest BCUT2D eigenvalue weighted by molar-refractivity contribution is -0.115. The van der Waals surface area contributed by atoms with Gasteiger partial charge in [0.25, 0.3) is 5.91 Å². The number of carbonyl (C=O) groups is 2. The fourth-order valence-corrected chi connectivity index (χ4v) is 5.01. The quantitative estimate of drug-likeness (QED) is 0.416. The molecular formula is C28H26Cl2N4O4. The lowest BCUT2D eigenvalue weighted by Gasteiger charge is -2.26. The highest BCUT2D eigenvalue weighted by atomic mass is 35.5. The Hall–Kier alpha value is -3.46. The first kappa shape index (κ1) is 26.2. The van der Waals surface area contributed by atoms with Gasteiger partial charge in [0.1, 0.15) is 23.4 Å². The van der Waals surface area contributed by atoms with Gasteiger partial charge < -0.3 is 20.1 Å². The van der Waals surface area contributed by atoms with Crippen molar-refractivity contribution in [2.75, 3.05) is 32.0 Å². The van der Waals surface area contributed by atoms with Gasteiger partial charge in [-0.25, -0.2) is 9.97 Å². The van der Waals surface area contributed by atoms with E-state index in [1.165, 1.54) is 0 Å². The first-order valence-electron chi connectivity index (χ1n) is 12.3. The summed E-state index contributed by atoms with van der Waals surface area (Å²) in [5, 5.41) is 0.762. The predicted octanol–water partition coefficient (Wildman–Crippen LogP) is 4.87. The van der Waals surface area contributed by atoms with Crippen LogP contribution in [0.15, 0.2) is 48.8 Å². The van der Waals surface area contributed by atoms with E-state index >= 15 is 0 Å². The third-order valence-corrected chi connectivity index (χ3v) is 7.08. The number of benzene rings is 1. The van der Waals surface area contributed by atoms with Crippen LogP contribution in [0.2, 0.25) is 10.0 Å². The van der Waals surface area contributed by atoms with E-state index in [9.17, 15) is 9.59 Å². The molecule has 1 fully saturated rings. The topological polar surface area (TPSA) is 108 Å². The van der Waals surface area contributed by atoms with Gasteiger partial charge in [0.2, 0.25) is 0 Å². The van der Waals surface area contributed by atoms with E-state index in [2.05, 4.69) is 9.97 Å². The molecule has 8 nitrogen and oxygen atoms in total. The van der Waals surface area contributed by atoms with Gasteiger partial charge in [0, 0.05) is 43.9 Å². The molecule has 0 spiro atoms. The minimum atomic E-state index is -0.206. The molecule has 38 heavy (non-hydrogen) atoms. The van der Waals surface area contributed by atoms with Crippen LogP contribution in [0.5, 0.6) is 5.75 Å². The standard InChI is InChI=1S/C28H26Cl2N4O4/c29-23-14-20(16-33-26(23)28(36)34-7-9-37-10-8-34)18-11-19-12-22(38-27(19)24(30)13-18)5-4-21(35)3-1-17-2-6-25(31)32-15-17/h1-3,6,11,13-16,22H,4-5,7-10,12H2,(H2,31,32)/b3-1+. The number of anilines is 1. The smallest absolute Gasteiger partial charge is 0.274 e. The van der Waals surface area contributed by atoms with Crippen LogP contribution in [-0.2, 0) is 16.0 Å². The summed E-state index contributed by atoms with van der Waals surface area (Å²) in [6.07, 6.45) is 7.92. The minimum absolute atomic E-state index is 0.000555. The Labute approximate surface area is 230 Å². The lowest BCUT2D eigenvalue weighted by atomic mass is 10.00. The zero-order chi connectivity index (χ0) is 26.6. The van der Waals surface area contributed by atoms with Crippen LogP contribution < -0.4 is 10.5 Å². The van der Waals surface area contributed by atoms with E-state index in [0.29, 0.717) is 62.2 Å². The van der Waals surface area contributed by atoms with E-state index in [-0.39, 0.29) is 28.5 Å². The van der Waals surface area contributed by atoms with Crippen molar-refractivity contribution in [3.05, 3.63) is 75.7 Å². The number of allylic oxidation sites excluding steroid dienone is 1. The number of ether oxygens (including phenoxy) is 2. The van der Waals surface area contributed by atoms with E-state index in [1.807, 2.05) is 6.07 Å². The highest BCUT2D eigenvalue weighted by Crippen LogP contribution is 2.41. The molecule has 0 bridgehead atoms. The second kappa shape index (κ2) is 11.5. The van der Waals surface area contributed by atoms with E-state index in [0.717, 1.165) is 22.3 Å². The molecule has 3 aromatic rings. The van der Waals surface area contributed by atoms with Gasteiger partial charge in [-0.1, -0.05) is 23.2 Å². The van der Waals surface area contributed by atoms with Gasteiger partial charge in [0.05, 0.1) is 23.3 Å². The average Bonchev–Trinajstić information content (AvgIpc) is 3.35. The zero-order valence-corrected chi connectivity index (χ0v) is 22.0. The Morgan fingerprint density at radius 1 is 1.05 bits per heavy atom. The third kappa shape index (κ3) is 5.99. The number of hydrogen-bond acceptors (Lipinski definition) is 7. The lowest BCUT2D eigenvalue weighted by Crippen LogP contribution is -2.41.